The molecule has 0 radical (unpaired) electrons. The van der Waals surface area contributed by atoms with E-state index in [0.29, 0.717) is 6.42 Å². The average Bonchev–Trinajstić information content (AvgIpc) is 2.38. The van der Waals surface area contributed by atoms with E-state index in [9.17, 15) is 4.79 Å². The molecule has 2 heteroatoms. The molecule has 3 rings (SSSR count). The van der Waals surface area contributed by atoms with Gasteiger partial charge in [-0.3, -0.25) is 9.78 Å². The normalized spacial score (nSPS) is 16.9. The third kappa shape index (κ3) is 2.38. The van der Waals surface area contributed by atoms with Crippen molar-refractivity contribution in [3.63, 3.8) is 0 Å². The summed E-state index contributed by atoms with van der Waals surface area (Å²) in [7, 11) is 0. The van der Waals surface area contributed by atoms with Gasteiger partial charge >= 0.3 is 0 Å². The maximum absolute atomic E-state index is 12.3. The first-order valence-electron chi connectivity index (χ1n) is 7.04. The Morgan fingerprint density at radius 2 is 1.75 bits per heavy atom. The molecule has 0 fully saturated rings. The number of nitrogens with zero attached hydrogens (tertiary/aromatic N) is 1. The number of hydrogen-bond donors (Lipinski definition) is 0. The van der Waals surface area contributed by atoms with Gasteiger partial charge in [-0.2, -0.15) is 0 Å². The topological polar surface area (TPSA) is 30.0 Å². The molecule has 0 spiro atoms. The van der Waals surface area contributed by atoms with Crippen LogP contribution >= 0.6 is 0 Å². The number of carbonyl (C=O) groups excluding carboxylic acids is 1. The van der Waals surface area contributed by atoms with E-state index in [2.05, 4.69) is 50.0 Å². The van der Waals surface area contributed by atoms with Crippen LogP contribution in [0.2, 0.25) is 0 Å². The van der Waals surface area contributed by atoms with Crippen molar-refractivity contribution in [2.75, 3.05) is 0 Å². The molecule has 0 bridgehead atoms. The molecule has 0 N–H and O–H groups in total. The molecule has 1 aromatic heterocycles. The Hall–Kier alpha value is -1.96. The van der Waals surface area contributed by atoms with Crippen molar-refractivity contribution < 1.29 is 4.79 Å². The Labute approximate surface area is 119 Å². The first-order chi connectivity index (χ1) is 9.44. The fourth-order valence-electron chi connectivity index (χ4n) is 2.82. The van der Waals surface area contributed by atoms with Crippen molar-refractivity contribution >= 4 is 5.78 Å². The van der Waals surface area contributed by atoms with Gasteiger partial charge in [0, 0.05) is 23.7 Å². The lowest BCUT2D eigenvalue weighted by Gasteiger charge is -2.29. The van der Waals surface area contributed by atoms with Gasteiger partial charge in [0.1, 0.15) is 0 Å². The minimum atomic E-state index is 0.0302. The van der Waals surface area contributed by atoms with E-state index in [1.54, 1.807) is 0 Å². The second kappa shape index (κ2) is 4.55. The third-order valence-electron chi connectivity index (χ3n) is 3.94. The van der Waals surface area contributed by atoms with Crippen LogP contribution in [0.15, 0.2) is 36.5 Å². The Morgan fingerprint density at radius 3 is 2.45 bits per heavy atom. The summed E-state index contributed by atoms with van der Waals surface area (Å²) in [5.41, 5.74) is 5.16. The lowest BCUT2D eigenvalue weighted by Crippen LogP contribution is -2.27. The Bertz CT molecular complexity index is 668. The highest BCUT2D eigenvalue weighted by atomic mass is 16.1. The minimum Gasteiger partial charge on any atom is -0.294 e. The molecule has 1 aromatic carbocycles. The number of hydrogen-bond acceptors (Lipinski definition) is 2. The molecule has 0 aliphatic heterocycles. The van der Waals surface area contributed by atoms with Gasteiger partial charge in [0.25, 0.3) is 0 Å². The summed E-state index contributed by atoms with van der Waals surface area (Å²) in [4.78, 5) is 16.8. The largest absolute Gasteiger partial charge is 0.294 e. The third-order valence-corrected chi connectivity index (χ3v) is 3.94. The molecule has 0 amide bonds. The van der Waals surface area contributed by atoms with Crippen LogP contribution in [0.4, 0.5) is 0 Å². The van der Waals surface area contributed by atoms with Crippen LogP contribution in [0.25, 0.3) is 11.1 Å². The van der Waals surface area contributed by atoms with Crippen LogP contribution in [0.1, 0.15) is 41.9 Å². The predicted molar refractivity (Wildman–Crippen MR) is 80.8 cm³/mol. The average molecular weight is 265 g/mol. The fourth-order valence-corrected chi connectivity index (χ4v) is 2.82. The SMILES string of the molecule is Cc1ccc(-c2cnc3c(c2)C(=O)CC(C)(C)C3)cc1. The monoisotopic (exact) mass is 265 g/mol. The summed E-state index contributed by atoms with van der Waals surface area (Å²) < 4.78 is 0. The van der Waals surface area contributed by atoms with Crippen LogP contribution in [-0.4, -0.2) is 10.8 Å². The van der Waals surface area contributed by atoms with Crippen molar-refractivity contribution in [3.05, 3.63) is 53.3 Å². The van der Waals surface area contributed by atoms with Gasteiger partial charge in [-0.05, 0) is 30.4 Å². The van der Waals surface area contributed by atoms with E-state index in [1.807, 2.05) is 12.3 Å². The first-order valence-corrected chi connectivity index (χ1v) is 7.04. The minimum absolute atomic E-state index is 0.0302. The van der Waals surface area contributed by atoms with Crippen LogP contribution in [0.5, 0.6) is 0 Å². The fraction of sp³-hybridized carbons (Fsp3) is 0.333. The van der Waals surface area contributed by atoms with Crippen LogP contribution in [-0.2, 0) is 6.42 Å². The van der Waals surface area contributed by atoms with E-state index >= 15 is 0 Å². The second-order valence-corrected chi connectivity index (χ2v) is 6.53. The van der Waals surface area contributed by atoms with Crippen molar-refractivity contribution in [2.24, 2.45) is 5.41 Å². The number of carbonyl (C=O) groups is 1. The Kier molecular flexibility index (Phi) is 2.97. The molecular formula is C18H19NO. The Morgan fingerprint density at radius 1 is 1.05 bits per heavy atom. The molecule has 1 aliphatic carbocycles. The molecule has 2 aromatic rings. The summed E-state index contributed by atoms with van der Waals surface area (Å²) in [6.07, 6.45) is 3.37. The van der Waals surface area contributed by atoms with Crippen molar-refractivity contribution in [1.29, 1.82) is 0 Å². The Balaban J connectivity index is 2.04. The summed E-state index contributed by atoms with van der Waals surface area (Å²) in [6, 6.07) is 10.3. The van der Waals surface area contributed by atoms with E-state index < -0.39 is 0 Å². The van der Waals surface area contributed by atoms with Gasteiger partial charge in [0.2, 0.25) is 0 Å². The molecule has 0 unspecified atom stereocenters. The van der Waals surface area contributed by atoms with Crippen molar-refractivity contribution in [3.8, 4) is 11.1 Å². The molecule has 1 aliphatic rings. The molecule has 0 saturated heterocycles. The molecule has 102 valence electrons. The highest BCUT2D eigenvalue weighted by molar-refractivity contribution is 5.99. The number of aryl methyl sites for hydroxylation is 1. The van der Waals surface area contributed by atoms with E-state index in [0.717, 1.165) is 28.8 Å². The highest BCUT2D eigenvalue weighted by Gasteiger charge is 2.31. The first kappa shape index (κ1) is 13.0. The molecule has 0 saturated carbocycles. The summed E-state index contributed by atoms with van der Waals surface area (Å²) in [5, 5.41) is 0. The van der Waals surface area contributed by atoms with E-state index in [-0.39, 0.29) is 11.2 Å². The summed E-state index contributed by atoms with van der Waals surface area (Å²) in [6.45, 7) is 6.33. The molecular weight excluding hydrogens is 246 g/mol. The van der Waals surface area contributed by atoms with Crippen LogP contribution in [0.3, 0.4) is 0 Å². The van der Waals surface area contributed by atoms with Gasteiger partial charge in [-0.25, -0.2) is 0 Å². The molecule has 2 nitrogen and oxygen atoms in total. The van der Waals surface area contributed by atoms with Gasteiger partial charge < -0.3 is 0 Å². The molecule has 1 heterocycles. The molecule has 0 atom stereocenters. The van der Waals surface area contributed by atoms with Gasteiger partial charge in [0.05, 0.1) is 5.69 Å². The van der Waals surface area contributed by atoms with E-state index in [1.165, 1.54) is 5.56 Å². The van der Waals surface area contributed by atoms with Crippen molar-refractivity contribution in [2.45, 2.75) is 33.6 Å². The summed E-state index contributed by atoms with van der Waals surface area (Å²) >= 11 is 0. The number of aromatic nitrogens is 1. The maximum Gasteiger partial charge on any atom is 0.165 e. The van der Waals surface area contributed by atoms with Crippen LogP contribution < -0.4 is 0 Å². The van der Waals surface area contributed by atoms with Crippen molar-refractivity contribution in [1.82, 2.24) is 4.98 Å². The predicted octanol–water partition coefficient (Wildman–Crippen LogP) is 4.21. The van der Waals surface area contributed by atoms with Gasteiger partial charge in [-0.1, -0.05) is 43.7 Å². The quantitative estimate of drug-likeness (QED) is 0.773. The zero-order valence-electron chi connectivity index (χ0n) is 12.2. The maximum atomic E-state index is 12.3. The lowest BCUT2D eigenvalue weighted by atomic mass is 9.75. The number of Topliss-reactive ketones (excluding diaryl/α,β-unsaturated/α-hetero) is 1. The number of rotatable bonds is 1. The zero-order valence-corrected chi connectivity index (χ0v) is 12.2. The number of ketones is 1. The standard InChI is InChI=1S/C18H19NO/c1-12-4-6-13(7-5-12)14-8-15-16(19-11-14)9-18(2,3)10-17(15)20/h4-8,11H,9-10H2,1-3H3. The second-order valence-electron chi connectivity index (χ2n) is 6.53. The summed E-state index contributed by atoms with van der Waals surface area (Å²) in [5.74, 6) is 0.220. The molecule has 20 heavy (non-hydrogen) atoms. The number of benzene rings is 1. The van der Waals surface area contributed by atoms with Gasteiger partial charge in [0.15, 0.2) is 5.78 Å². The number of fused-ring (bicyclic) bond motifs is 1. The van der Waals surface area contributed by atoms with E-state index in [4.69, 9.17) is 0 Å². The van der Waals surface area contributed by atoms with Crippen LogP contribution in [0, 0.1) is 12.3 Å². The number of pyridine rings is 1. The van der Waals surface area contributed by atoms with Gasteiger partial charge in [-0.15, -0.1) is 0 Å². The smallest absolute Gasteiger partial charge is 0.165 e. The lowest BCUT2D eigenvalue weighted by molar-refractivity contribution is 0.0910. The zero-order chi connectivity index (χ0) is 14.3. The highest BCUT2D eigenvalue weighted by Crippen LogP contribution is 2.35.